The molecule has 1 aliphatic rings. The van der Waals surface area contributed by atoms with Crippen LogP contribution in [0.3, 0.4) is 0 Å². The molecule has 0 radical (unpaired) electrons. The molecule has 3 aromatic heterocycles. The first-order chi connectivity index (χ1) is 15.2. The quantitative estimate of drug-likeness (QED) is 0.433. The van der Waals surface area contributed by atoms with Gasteiger partial charge in [-0.1, -0.05) is 23.7 Å². The fourth-order valence-corrected chi connectivity index (χ4v) is 4.57. The molecule has 0 spiro atoms. The Morgan fingerprint density at radius 3 is 2.61 bits per heavy atom. The lowest BCUT2D eigenvalue weighted by atomic mass is 10.0. The van der Waals surface area contributed by atoms with Crippen molar-refractivity contribution in [3.63, 3.8) is 0 Å². The van der Waals surface area contributed by atoms with Crippen LogP contribution in [0.15, 0.2) is 91.5 Å². The lowest BCUT2D eigenvalue weighted by Gasteiger charge is -2.29. The van der Waals surface area contributed by atoms with Gasteiger partial charge in [0.15, 0.2) is 5.11 Å². The third kappa shape index (κ3) is 3.92. The third-order valence-electron chi connectivity index (χ3n) is 5.47. The molecule has 0 bridgehead atoms. The van der Waals surface area contributed by atoms with E-state index in [1.807, 2.05) is 67.1 Å². The van der Waals surface area contributed by atoms with Gasteiger partial charge in [0, 0.05) is 47.7 Å². The fraction of sp³-hybridized carbons (Fsp3) is 0.125. The van der Waals surface area contributed by atoms with Crippen LogP contribution in [0.2, 0.25) is 5.02 Å². The number of nitrogens with one attached hydrogen (secondary N) is 1. The number of halogens is 1. The van der Waals surface area contributed by atoms with Crippen LogP contribution >= 0.6 is 23.8 Å². The zero-order valence-corrected chi connectivity index (χ0v) is 18.2. The van der Waals surface area contributed by atoms with Gasteiger partial charge in [0.05, 0.1) is 17.8 Å². The van der Waals surface area contributed by atoms with Gasteiger partial charge in [-0.2, -0.15) is 0 Å². The van der Waals surface area contributed by atoms with Gasteiger partial charge in [-0.05, 0) is 72.4 Å². The molecule has 31 heavy (non-hydrogen) atoms. The molecule has 1 N–H and O–H groups in total. The van der Waals surface area contributed by atoms with E-state index in [2.05, 4.69) is 49.1 Å². The summed E-state index contributed by atoms with van der Waals surface area (Å²) in [6.07, 6.45) is 7.49. The van der Waals surface area contributed by atoms with Gasteiger partial charge in [-0.25, -0.2) is 0 Å². The van der Waals surface area contributed by atoms with Crippen LogP contribution in [0, 0.1) is 0 Å². The van der Waals surface area contributed by atoms with E-state index in [1.54, 1.807) is 0 Å². The van der Waals surface area contributed by atoms with Crippen LogP contribution in [0.5, 0.6) is 0 Å². The van der Waals surface area contributed by atoms with Crippen molar-refractivity contribution in [1.29, 1.82) is 0 Å². The van der Waals surface area contributed by atoms with Crippen LogP contribution in [0.1, 0.15) is 29.0 Å². The molecule has 2 atom stereocenters. The lowest BCUT2D eigenvalue weighted by Crippen LogP contribution is -2.30. The third-order valence-corrected chi connectivity index (χ3v) is 6.06. The van der Waals surface area contributed by atoms with Crippen LogP contribution in [0.4, 0.5) is 0 Å². The number of rotatable bonds is 5. The summed E-state index contributed by atoms with van der Waals surface area (Å²) in [4.78, 5) is 11.0. The topological polar surface area (TPSA) is 46.0 Å². The van der Waals surface area contributed by atoms with Crippen LogP contribution in [-0.4, -0.2) is 24.5 Å². The second-order valence-corrected chi connectivity index (χ2v) is 8.22. The molecule has 1 fully saturated rings. The van der Waals surface area contributed by atoms with E-state index in [-0.39, 0.29) is 12.1 Å². The Labute approximate surface area is 191 Å². The first-order valence-corrected chi connectivity index (χ1v) is 10.8. The average Bonchev–Trinajstić information content (AvgIpc) is 3.40. The van der Waals surface area contributed by atoms with Crippen molar-refractivity contribution in [2.45, 2.75) is 18.6 Å². The summed E-state index contributed by atoms with van der Waals surface area (Å²) in [7, 11) is 0. The van der Waals surface area contributed by atoms with E-state index in [4.69, 9.17) is 23.8 Å². The number of pyridine rings is 2. The molecule has 1 saturated heterocycles. The predicted octanol–water partition coefficient (Wildman–Crippen LogP) is 5.09. The highest BCUT2D eigenvalue weighted by molar-refractivity contribution is 7.80. The molecule has 154 valence electrons. The van der Waals surface area contributed by atoms with Crippen molar-refractivity contribution in [2.24, 2.45) is 0 Å². The van der Waals surface area contributed by atoms with E-state index in [0.717, 1.165) is 22.6 Å². The average molecular weight is 446 g/mol. The molecule has 0 saturated carbocycles. The summed E-state index contributed by atoms with van der Waals surface area (Å²) in [5, 5.41) is 4.91. The number of aromatic nitrogens is 3. The molecule has 5 rings (SSSR count). The van der Waals surface area contributed by atoms with Crippen molar-refractivity contribution >= 4 is 28.9 Å². The van der Waals surface area contributed by atoms with Crippen LogP contribution in [0.25, 0.3) is 5.69 Å². The Morgan fingerprint density at radius 2 is 1.84 bits per heavy atom. The van der Waals surface area contributed by atoms with Crippen molar-refractivity contribution in [3.8, 4) is 5.69 Å². The van der Waals surface area contributed by atoms with Crippen molar-refractivity contribution in [3.05, 3.63) is 113 Å². The van der Waals surface area contributed by atoms with Crippen molar-refractivity contribution in [1.82, 2.24) is 24.8 Å². The largest absolute Gasteiger partial charge is 0.352 e. The summed E-state index contributed by atoms with van der Waals surface area (Å²) >= 11 is 12.1. The SMILES string of the molecule is S=C1N[C@H](c2ccccn2)[C@@H](c2cccn2-c2cccc(Cl)c2)N1Cc1ccncc1. The Morgan fingerprint density at radius 1 is 0.968 bits per heavy atom. The normalized spacial score (nSPS) is 18.2. The van der Waals surface area contributed by atoms with E-state index in [1.165, 1.54) is 0 Å². The maximum atomic E-state index is 6.28. The summed E-state index contributed by atoms with van der Waals surface area (Å²) in [6, 6.07) is 21.9. The summed E-state index contributed by atoms with van der Waals surface area (Å²) in [6.45, 7) is 0.670. The van der Waals surface area contributed by atoms with E-state index in [0.29, 0.717) is 16.7 Å². The second-order valence-electron chi connectivity index (χ2n) is 7.39. The number of benzene rings is 1. The van der Waals surface area contributed by atoms with Crippen molar-refractivity contribution in [2.75, 3.05) is 0 Å². The summed E-state index contributed by atoms with van der Waals surface area (Å²) < 4.78 is 2.17. The van der Waals surface area contributed by atoms with E-state index in [9.17, 15) is 0 Å². The van der Waals surface area contributed by atoms with Gasteiger partial charge >= 0.3 is 0 Å². The van der Waals surface area contributed by atoms with Crippen LogP contribution < -0.4 is 5.32 Å². The maximum absolute atomic E-state index is 6.28. The summed E-state index contributed by atoms with van der Waals surface area (Å²) in [5.41, 5.74) is 4.21. The second kappa shape index (κ2) is 8.49. The fourth-order valence-electron chi connectivity index (χ4n) is 4.08. The minimum absolute atomic E-state index is 0.0513. The summed E-state index contributed by atoms with van der Waals surface area (Å²) in [5.74, 6) is 0. The zero-order chi connectivity index (χ0) is 21.2. The molecule has 1 aliphatic heterocycles. The standard InChI is InChI=1S/C24H20ClN5S/c25-18-5-3-6-19(15-18)29-14-4-8-21(29)23-22(20-7-1-2-11-27-20)28-24(31)30(23)16-17-9-12-26-13-10-17/h1-15,22-23H,16H2,(H,28,31)/t22-,23-/m1/s1. The molecule has 1 aromatic carbocycles. The number of thiocarbonyl (C=S) groups is 1. The zero-order valence-electron chi connectivity index (χ0n) is 16.6. The van der Waals surface area contributed by atoms with Gasteiger partial charge in [-0.15, -0.1) is 0 Å². The first-order valence-electron chi connectivity index (χ1n) is 10.0. The number of hydrogen-bond acceptors (Lipinski definition) is 3. The molecule has 0 aliphatic carbocycles. The molecule has 4 aromatic rings. The highest BCUT2D eigenvalue weighted by Crippen LogP contribution is 2.40. The van der Waals surface area contributed by atoms with Crippen molar-refractivity contribution < 1.29 is 0 Å². The highest BCUT2D eigenvalue weighted by Gasteiger charge is 2.41. The van der Waals surface area contributed by atoms with Gasteiger partial charge in [0.2, 0.25) is 0 Å². The Kier molecular flexibility index (Phi) is 5.40. The van der Waals surface area contributed by atoms with E-state index >= 15 is 0 Å². The molecule has 5 nitrogen and oxygen atoms in total. The molecular formula is C24H20ClN5S. The Balaban J connectivity index is 1.61. The van der Waals surface area contributed by atoms with Crippen LogP contribution in [-0.2, 0) is 6.54 Å². The highest BCUT2D eigenvalue weighted by atomic mass is 35.5. The predicted molar refractivity (Wildman–Crippen MR) is 126 cm³/mol. The minimum Gasteiger partial charge on any atom is -0.352 e. The number of hydrogen-bond donors (Lipinski definition) is 1. The molecule has 0 amide bonds. The first kappa shape index (κ1) is 19.7. The molecule has 7 heteroatoms. The molecule has 0 unspecified atom stereocenters. The number of nitrogens with zero attached hydrogens (tertiary/aromatic N) is 4. The van der Waals surface area contributed by atoms with E-state index < -0.39 is 0 Å². The maximum Gasteiger partial charge on any atom is 0.170 e. The van der Waals surface area contributed by atoms with Gasteiger partial charge in [0.1, 0.15) is 0 Å². The van der Waals surface area contributed by atoms with Gasteiger partial charge in [0.25, 0.3) is 0 Å². The minimum atomic E-state index is -0.0802. The Bertz CT molecular complexity index is 1190. The monoisotopic (exact) mass is 445 g/mol. The molecular weight excluding hydrogens is 426 g/mol. The Hall–Kier alpha value is -3.22. The smallest absolute Gasteiger partial charge is 0.170 e. The van der Waals surface area contributed by atoms with Gasteiger partial charge < -0.3 is 14.8 Å². The lowest BCUT2D eigenvalue weighted by molar-refractivity contribution is 0.302. The van der Waals surface area contributed by atoms with Gasteiger partial charge in [-0.3, -0.25) is 9.97 Å². The molecule has 4 heterocycles.